The van der Waals surface area contributed by atoms with Crippen molar-refractivity contribution in [2.24, 2.45) is 5.92 Å². The van der Waals surface area contributed by atoms with Gasteiger partial charge in [-0.1, -0.05) is 23.7 Å². The van der Waals surface area contributed by atoms with Gasteiger partial charge in [-0.05, 0) is 43.6 Å². The standard InChI is InChI=1S/C13H16ClNO/c14-13-3-1-11(2-4-13)9-15-7-5-12(10-16)6-8-15/h1-4,10,12H,5-9H2. The summed E-state index contributed by atoms with van der Waals surface area (Å²) < 4.78 is 0. The lowest BCUT2D eigenvalue weighted by Crippen LogP contribution is -2.33. The number of nitrogens with zero attached hydrogens (tertiary/aromatic N) is 1. The van der Waals surface area contributed by atoms with Crippen LogP contribution < -0.4 is 0 Å². The van der Waals surface area contributed by atoms with Gasteiger partial charge in [0, 0.05) is 17.5 Å². The van der Waals surface area contributed by atoms with Crippen molar-refractivity contribution in [3.63, 3.8) is 0 Å². The van der Waals surface area contributed by atoms with E-state index in [1.165, 1.54) is 5.56 Å². The van der Waals surface area contributed by atoms with Crippen LogP contribution in [0, 0.1) is 5.92 Å². The van der Waals surface area contributed by atoms with Gasteiger partial charge < -0.3 is 4.79 Å². The molecular formula is C13H16ClNO. The van der Waals surface area contributed by atoms with E-state index >= 15 is 0 Å². The van der Waals surface area contributed by atoms with Gasteiger partial charge in [0.2, 0.25) is 0 Å². The highest BCUT2D eigenvalue weighted by atomic mass is 35.5. The molecule has 0 atom stereocenters. The quantitative estimate of drug-likeness (QED) is 0.754. The van der Waals surface area contributed by atoms with Crippen molar-refractivity contribution < 1.29 is 4.79 Å². The van der Waals surface area contributed by atoms with Gasteiger partial charge in [0.15, 0.2) is 0 Å². The summed E-state index contributed by atoms with van der Waals surface area (Å²) in [5.74, 6) is 0.279. The Bertz CT molecular complexity index is 341. The number of hydrogen-bond acceptors (Lipinski definition) is 2. The fraction of sp³-hybridized carbons (Fsp3) is 0.462. The molecule has 0 unspecified atom stereocenters. The summed E-state index contributed by atoms with van der Waals surface area (Å²) in [4.78, 5) is 13.0. The Kier molecular flexibility index (Phi) is 3.97. The third-order valence-corrected chi connectivity index (χ3v) is 3.40. The predicted octanol–water partition coefficient (Wildman–Crippen LogP) is 2.75. The number of likely N-dealkylation sites (tertiary alicyclic amines) is 1. The summed E-state index contributed by atoms with van der Waals surface area (Å²) in [6.07, 6.45) is 3.09. The smallest absolute Gasteiger partial charge is 0.123 e. The second kappa shape index (κ2) is 5.46. The van der Waals surface area contributed by atoms with Gasteiger partial charge in [-0.3, -0.25) is 4.90 Å². The second-order valence-corrected chi connectivity index (χ2v) is 4.81. The minimum absolute atomic E-state index is 0.279. The first kappa shape index (κ1) is 11.6. The number of piperidine rings is 1. The van der Waals surface area contributed by atoms with Gasteiger partial charge in [0.1, 0.15) is 6.29 Å². The molecule has 1 fully saturated rings. The van der Waals surface area contributed by atoms with E-state index in [0.29, 0.717) is 0 Å². The Morgan fingerprint density at radius 3 is 2.44 bits per heavy atom. The third-order valence-electron chi connectivity index (χ3n) is 3.14. The normalized spacial score (nSPS) is 18.6. The van der Waals surface area contributed by atoms with E-state index < -0.39 is 0 Å². The van der Waals surface area contributed by atoms with Crippen LogP contribution in [0.1, 0.15) is 18.4 Å². The van der Waals surface area contributed by atoms with E-state index in [2.05, 4.69) is 17.0 Å². The number of halogens is 1. The Hall–Kier alpha value is -0.860. The molecule has 2 rings (SSSR count). The Labute approximate surface area is 101 Å². The molecule has 0 aromatic heterocycles. The molecule has 0 saturated carbocycles. The Balaban J connectivity index is 1.86. The molecule has 0 radical (unpaired) electrons. The van der Waals surface area contributed by atoms with Crippen LogP contribution in [0.25, 0.3) is 0 Å². The molecule has 1 saturated heterocycles. The lowest BCUT2D eigenvalue weighted by atomic mass is 9.98. The van der Waals surface area contributed by atoms with Gasteiger partial charge in [-0.2, -0.15) is 0 Å². The number of aldehydes is 1. The maximum atomic E-state index is 10.6. The minimum Gasteiger partial charge on any atom is -0.303 e. The van der Waals surface area contributed by atoms with Crippen molar-refractivity contribution in [3.05, 3.63) is 34.9 Å². The average Bonchev–Trinajstić information content (AvgIpc) is 2.33. The summed E-state index contributed by atoms with van der Waals surface area (Å²) in [5, 5.41) is 0.781. The molecule has 1 aliphatic rings. The lowest BCUT2D eigenvalue weighted by Gasteiger charge is -2.29. The first-order chi connectivity index (χ1) is 7.78. The lowest BCUT2D eigenvalue weighted by molar-refractivity contribution is -0.112. The zero-order chi connectivity index (χ0) is 11.4. The van der Waals surface area contributed by atoms with Crippen LogP contribution in [0.5, 0.6) is 0 Å². The Morgan fingerprint density at radius 1 is 1.25 bits per heavy atom. The topological polar surface area (TPSA) is 20.3 Å². The first-order valence-corrected chi connectivity index (χ1v) is 6.08. The summed E-state index contributed by atoms with van der Waals surface area (Å²) >= 11 is 5.84. The van der Waals surface area contributed by atoms with E-state index in [-0.39, 0.29) is 5.92 Å². The summed E-state index contributed by atoms with van der Waals surface area (Å²) in [7, 11) is 0. The molecule has 3 heteroatoms. The molecule has 1 aliphatic heterocycles. The molecule has 86 valence electrons. The zero-order valence-corrected chi connectivity index (χ0v) is 9.99. The van der Waals surface area contributed by atoms with Gasteiger partial charge in [0.05, 0.1) is 0 Å². The zero-order valence-electron chi connectivity index (χ0n) is 9.23. The highest BCUT2D eigenvalue weighted by Crippen LogP contribution is 2.18. The van der Waals surface area contributed by atoms with Gasteiger partial charge in [-0.25, -0.2) is 0 Å². The van der Waals surface area contributed by atoms with E-state index in [1.54, 1.807) is 0 Å². The predicted molar refractivity (Wildman–Crippen MR) is 65.5 cm³/mol. The average molecular weight is 238 g/mol. The summed E-state index contributed by atoms with van der Waals surface area (Å²) in [6, 6.07) is 7.98. The van der Waals surface area contributed by atoms with Crippen LogP contribution in [0.4, 0.5) is 0 Å². The van der Waals surface area contributed by atoms with Crippen molar-refractivity contribution in [3.8, 4) is 0 Å². The maximum absolute atomic E-state index is 10.6. The molecule has 0 N–H and O–H groups in total. The van der Waals surface area contributed by atoms with Crippen molar-refractivity contribution in [1.29, 1.82) is 0 Å². The fourth-order valence-electron chi connectivity index (χ4n) is 2.10. The maximum Gasteiger partial charge on any atom is 0.123 e. The monoisotopic (exact) mass is 237 g/mol. The molecule has 1 aromatic rings. The summed E-state index contributed by atoms with van der Waals surface area (Å²) in [6.45, 7) is 3.00. The van der Waals surface area contributed by atoms with Gasteiger partial charge in [0.25, 0.3) is 0 Å². The van der Waals surface area contributed by atoms with Crippen molar-refractivity contribution in [2.45, 2.75) is 19.4 Å². The number of benzene rings is 1. The van der Waals surface area contributed by atoms with Gasteiger partial charge >= 0.3 is 0 Å². The number of rotatable bonds is 3. The number of hydrogen-bond donors (Lipinski definition) is 0. The molecule has 0 aliphatic carbocycles. The van der Waals surface area contributed by atoms with E-state index in [9.17, 15) is 4.79 Å². The van der Waals surface area contributed by atoms with E-state index in [0.717, 1.165) is 43.8 Å². The SMILES string of the molecule is O=CC1CCN(Cc2ccc(Cl)cc2)CC1. The first-order valence-electron chi connectivity index (χ1n) is 5.70. The van der Waals surface area contributed by atoms with Gasteiger partial charge in [-0.15, -0.1) is 0 Å². The molecule has 0 amide bonds. The van der Waals surface area contributed by atoms with Crippen LogP contribution in [0.15, 0.2) is 24.3 Å². The largest absolute Gasteiger partial charge is 0.303 e. The molecular weight excluding hydrogens is 222 g/mol. The number of carbonyl (C=O) groups excluding carboxylic acids is 1. The molecule has 2 nitrogen and oxygen atoms in total. The van der Waals surface area contributed by atoms with Crippen molar-refractivity contribution in [2.75, 3.05) is 13.1 Å². The fourth-order valence-corrected chi connectivity index (χ4v) is 2.22. The second-order valence-electron chi connectivity index (χ2n) is 4.38. The summed E-state index contributed by atoms with van der Waals surface area (Å²) in [5.41, 5.74) is 1.29. The van der Waals surface area contributed by atoms with Crippen molar-refractivity contribution in [1.82, 2.24) is 4.90 Å². The molecule has 16 heavy (non-hydrogen) atoms. The van der Waals surface area contributed by atoms with Crippen molar-refractivity contribution >= 4 is 17.9 Å². The van der Waals surface area contributed by atoms with E-state index in [1.807, 2.05) is 12.1 Å². The molecule has 0 bridgehead atoms. The molecule has 0 spiro atoms. The highest BCUT2D eigenvalue weighted by molar-refractivity contribution is 6.30. The Morgan fingerprint density at radius 2 is 1.88 bits per heavy atom. The van der Waals surface area contributed by atoms with E-state index in [4.69, 9.17) is 11.6 Å². The van der Waals surface area contributed by atoms with Crippen LogP contribution in [0.2, 0.25) is 5.02 Å². The minimum atomic E-state index is 0.279. The third kappa shape index (κ3) is 3.06. The molecule has 1 heterocycles. The van der Waals surface area contributed by atoms with Crippen LogP contribution >= 0.6 is 11.6 Å². The highest BCUT2D eigenvalue weighted by Gasteiger charge is 2.18. The van der Waals surface area contributed by atoms with Crippen LogP contribution in [-0.4, -0.2) is 24.3 Å². The molecule has 1 aromatic carbocycles. The van der Waals surface area contributed by atoms with Crippen LogP contribution in [0.3, 0.4) is 0 Å². The van der Waals surface area contributed by atoms with Crippen LogP contribution in [-0.2, 0) is 11.3 Å². The number of carbonyl (C=O) groups is 1.